The van der Waals surface area contributed by atoms with E-state index in [1.54, 1.807) is 53.4 Å². The third-order valence-electron chi connectivity index (χ3n) is 7.41. The number of carboxylic acid groups (broad SMARTS) is 1. The molecule has 1 aliphatic rings. The number of sulfonamides is 1. The quantitative estimate of drug-likeness (QED) is 0.147. The Morgan fingerprint density at radius 2 is 1.64 bits per heavy atom. The fraction of sp³-hybridized carbons (Fsp3) is 0.333. The number of hydrogen-bond acceptors (Lipinski definition) is 6. The van der Waals surface area contributed by atoms with Gasteiger partial charge in [-0.3, -0.25) is 19.8 Å². The normalized spacial score (nSPS) is 14.3. The fourth-order valence-electron chi connectivity index (χ4n) is 5.06. The standard InChI is InChI=1S/C30H36N6O6S.ClH/c31-30(32)35-14-12-21(13-15-35)18-33-27(37)17-26(29(40)36(20-28(38)39)19-22-6-2-1-3-7-22)34-43(41,42)25-11-10-23-8-4-5-9-24(23)16-25;/h1-11,16,21,26,34H,12-15,17-20H2,(H3,31,32)(H,33,37)(H,38,39);1H/t26-;/m0./s1. The molecule has 236 valence electrons. The van der Waals surface area contributed by atoms with E-state index in [1.807, 2.05) is 12.1 Å². The van der Waals surface area contributed by atoms with Crippen molar-refractivity contribution in [3.05, 3.63) is 78.4 Å². The van der Waals surface area contributed by atoms with Crippen molar-refractivity contribution in [2.24, 2.45) is 11.7 Å². The van der Waals surface area contributed by atoms with E-state index in [0.717, 1.165) is 10.3 Å². The third kappa shape index (κ3) is 9.40. The number of carboxylic acids is 1. The van der Waals surface area contributed by atoms with Crippen molar-refractivity contribution in [3.63, 3.8) is 0 Å². The number of benzene rings is 3. The maximum atomic E-state index is 13.8. The maximum Gasteiger partial charge on any atom is 0.323 e. The Balaban J connectivity index is 0.00000529. The summed E-state index contributed by atoms with van der Waals surface area (Å²) < 4.78 is 29.4. The van der Waals surface area contributed by atoms with Gasteiger partial charge in [-0.1, -0.05) is 60.7 Å². The highest BCUT2D eigenvalue weighted by Gasteiger charge is 2.33. The number of aliphatic carboxylic acids is 1. The number of piperidine rings is 1. The van der Waals surface area contributed by atoms with Gasteiger partial charge in [0, 0.05) is 26.2 Å². The fourth-order valence-corrected chi connectivity index (χ4v) is 6.29. The Bertz CT molecular complexity index is 1580. The van der Waals surface area contributed by atoms with Gasteiger partial charge in [0.05, 0.1) is 11.3 Å². The van der Waals surface area contributed by atoms with Gasteiger partial charge in [-0.25, -0.2) is 8.42 Å². The molecule has 0 saturated carbocycles. The van der Waals surface area contributed by atoms with Crippen molar-refractivity contribution in [1.29, 1.82) is 5.41 Å². The minimum atomic E-state index is -4.29. The number of rotatable bonds is 12. The second-order valence-corrected chi connectivity index (χ2v) is 12.3. The molecule has 1 atom stereocenters. The van der Waals surface area contributed by atoms with Gasteiger partial charge in [0.25, 0.3) is 0 Å². The van der Waals surface area contributed by atoms with Crippen molar-refractivity contribution < 1.29 is 27.9 Å². The van der Waals surface area contributed by atoms with Gasteiger partial charge in [0.1, 0.15) is 12.6 Å². The van der Waals surface area contributed by atoms with Crippen LogP contribution in [0.2, 0.25) is 0 Å². The Kier molecular flexibility index (Phi) is 12.1. The first-order chi connectivity index (χ1) is 20.5. The summed E-state index contributed by atoms with van der Waals surface area (Å²) in [5.74, 6) is -2.53. The van der Waals surface area contributed by atoms with Crippen LogP contribution in [0.3, 0.4) is 0 Å². The van der Waals surface area contributed by atoms with E-state index in [2.05, 4.69) is 10.0 Å². The number of likely N-dealkylation sites (tertiary alicyclic amines) is 1. The number of nitrogens with two attached hydrogens (primary N) is 1. The van der Waals surface area contributed by atoms with Gasteiger partial charge in [-0.15, -0.1) is 12.4 Å². The molecular formula is C30H37ClN6O6S. The summed E-state index contributed by atoms with van der Waals surface area (Å²) in [5.41, 5.74) is 6.20. The summed E-state index contributed by atoms with van der Waals surface area (Å²) in [6, 6.07) is 18.9. The van der Waals surface area contributed by atoms with Crippen LogP contribution in [-0.4, -0.2) is 79.3 Å². The van der Waals surface area contributed by atoms with Crippen LogP contribution >= 0.6 is 12.4 Å². The molecule has 0 radical (unpaired) electrons. The lowest BCUT2D eigenvalue weighted by molar-refractivity contribution is -0.146. The average Bonchev–Trinajstić information content (AvgIpc) is 2.99. The number of fused-ring (bicyclic) bond motifs is 1. The SMILES string of the molecule is Cl.N=C(N)N1CCC(CNC(=O)C[C@H](NS(=O)(=O)c2ccc3ccccc3c2)C(=O)N(CC(=O)O)Cc2ccccc2)CC1. The van der Waals surface area contributed by atoms with Crippen molar-refractivity contribution in [1.82, 2.24) is 19.8 Å². The molecular weight excluding hydrogens is 608 g/mol. The molecule has 3 aromatic rings. The lowest BCUT2D eigenvalue weighted by Crippen LogP contribution is -2.51. The number of carbonyl (C=O) groups excluding carboxylic acids is 2. The van der Waals surface area contributed by atoms with Crippen LogP contribution < -0.4 is 15.8 Å². The van der Waals surface area contributed by atoms with Crippen molar-refractivity contribution in [2.75, 3.05) is 26.2 Å². The molecule has 3 aromatic carbocycles. The second-order valence-electron chi connectivity index (χ2n) is 10.6. The molecule has 12 nitrogen and oxygen atoms in total. The monoisotopic (exact) mass is 644 g/mol. The third-order valence-corrected chi connectivity index (χ3v) is 8.88. The van der Waals surface area contributed by atoms with Crippen molar-refractivity contribution in [2.45, 2.75) is 36.7 Å². The molecule has 6 N–H and O–H groups in total. The van der Waals surface area contributed by atoms with E-state index in [1.165, 1.54) is 12.1 Å². The highest BCUT2D eigenvalue weighted by Crippen LogP contribution is 2.20. The summed E-state index contributed by atoms with van der Waals surface area (Å²) in [5, 5.41) is 21.4. The number of halogens is 1. The molecule has 0 aromatic heterocycles. The lowest BCUT2D eigenvalue weighted by Gasteiger charge is -2.32. The smallest absolute Gasteiger partial charge is 0.323 e. The van der Waals surface area contributed by atoms with Crippen LogP contribution in [0.4, 0.5) is 0 Å². The van der Waals surface area contributed by atoms with Crippen molar-refractivity contribution in [3.8, 4) is 0 Å². The zero-order chi connectivity index (χ0) is 31.0. The van der Waals surface area contributed by atoms with E-state index in [0.29, 0.717) is 43.4 Å². The van der Waals surface area contributed by atoms with Crippen LogP contribution in [0.1, 0.15) is 24.8 Å². The minimum Gasteiger partial charge on any atom is -0.480 e. The topological polar surface area (TPSA) is 186 Å². The molecule has 44 heavy (non-hydrogen) atoms. The van der Waals surface area contributed by atoms with Crippen LogP contribution in [0.5, 0.6) is 0 Å². The number of amides is 2. The van der Waals surface area contributed by atoms with Gasteiger partial charge in [0.15, 0.2) is 5.96 Å². The van der Waals surface area contributed by atoms with Gasteiger partial charge in [0.2, 0.25) is 21.8 Å². The largest absolute Gasteiger partial charge is 0.480 e. The predicted molar refractivity (Wildman–Crippen MR) is 169 cm³/mol. The van der Waals surface area contributed by atoms with Crippen LogP contribution in [0, 0.1) is 11.3 Å². The summed E-state index contributed by atoms with van der Waals surface area (Å²) in [4.78, 5) is 41.2. The Hall–Kier alpha value is -4.20. The average molecular weight is 645 g/mol. The van der Waals surface area contributed by atoms with Crippen molar-refractivity contribution >= 4 is 56.9 Å². The second kappa shape index (κ2) is 15.5. The number of carbonyl (C=O) groups is 3. The molecule has 1 saturated heterocycles. The zero-order valence-corrected chi connectivity index (χ0v) is 25.6. The Morgan fingerprint density at radius 3 is 2.27 bits per heavy atom. The number of nitrogens with zero attached hydrogens (tertiary/aromatic N) is 2. The molecule has 0 unspecified atom stereocenters. The summed E-state index contributed by atoms with van der Waals surface area (Å²) in [7, 11) is -4.29. The van der Waals surface area contributed by atoms with Gasteiger partial charge in [-0.2, -0.15) is 4.72 Å². The van der Waals surface area contributed by atoms with Crippen LogP contribution in [0.25, 0.3) is 10.8 Å². The Morgan fingerprint density at radius 1 is 1.00 bits per heavy atom. The molecule has 0 bridgehead atoms. The van der Waals surface area contributed by atoms with E-state index in [4.69, 9.17) is 11.1 Å². The molecule has 0 spiro atoms. The predicted octanol–water partition coefficient (Wildman–Crippen LogP) is 2.13. The molecule has 0 aliphatic carbocycles. The van der Waals surface area contributed by atoms with E-state index in [9.17, 15) is 27.9 Å². The lowest BCUT2D eigenvalue weighted by atomic mass is 9.97. The summed E-state index contributed by atoms with van der Waals surface area (Å²) in [6.45, 7) is 0.721. The van der Waals surface area contributed by atoms with Crippen LogP contribution in [0.15, 0.2) is 77.7 Å². The zero-order valence-electron chi connectivity index (χ0n) is 24.0. The van der Waals surface area contributed by atoms with Gasteiger partial charge in [-0.05, 0) is 47.2 Å². The van der Waals surface area contributed by atoms with Gasteiger partial charge >= 0.3 is 5.97 Å². The molecule has 14 heteroatoms. The summed E-state index contributed by atoms with van der Waals surface area (Å²) >= 11 is 0. The number of nitrogens with one attached hydrogen (secondary N) is 3. The minimum absolute atomic E-state index is 0. The first-order valence-electron chi connectivity index (χ1n) is 13.9. The number of guanidine groups is 1. The van der Waals surface area contributed by atoms with Crippen LogP contribution in [-0.2, 0) is 31.0 Å². The van der Waals surface area contributed by atoms with E-state index in [-0.39, 0.29) is 35.7 Å². The van der Waals surface area contributed by atoms with Gasteiger partial charge < -0.3 is 26.0 Å². The van der Waals surface area contributed by atoms with E-state index >= 15 is 0 Å². The highest BCUT2D eigenvalue weighted by molar-refractivity contribution is 7.89. The first kappa shape index (κ1) is 34.3. The molecule has 1 aliphatic heterocycles. The maximum absolute atomic E-state index is 13.8. The molecule has 1 heterocycles. The molecule has 1 fully saturated rings. The molecule has 4 rings (SSSR count). The highest BCUT2D eigenvalue weighted by atomic mass is 35.5. The first-order valence-corrected chi connectivity index (χ1v) is 15.4. The number of hydrogen-bond donors (Lipinski definition) is 5. The molecule has 2 amide bonds. The summed E-state index contributed by atoms with van der Waals surface area (Å²) in [6.07, 6.45) is 0.892. The Labute approximate surface area is 262 Å². The van der Waals surface area contributed by atoms with E-state index < -0.39 is 46.8 Å².